The zero-order chi connectivity index (χ0) is 17.9. The molecule has 128 valence electrons. The van der Waals surface area contributed by atoms with Crippen molar-refractivity contribution in [1.82, 2.24) is 0 Å². The lowest BCUT2D eigenvalue weighted by Gasteiger charge is -2.17. The van der Waals surface area contributed by atoms with Crippen LogP contribution in [0.3, 0.4) is 0 Å². The lowest BCUT2D eigenvalue weighted by molar-refractivity contribution is -0.385. The summed E-state index contributed by atoms with van der Waals surface area (Å²) < 4.78 is 23.4. The smallest absolute Gasteiger partial charge is 0.270 e. The molecule has 24 heavy (non-hydrogen) atoms. The van der Waals surface area contributed by atoms with E-state index in [9.17, 15) is 18.5 Å². The van der Waals surface area contributed by atoms with E-state index in [-0.39, 0.29) is 22.3 Å². The zero-order valence-electron chi connectivity index (χ0n) is 12.8. The number of halogens is 1. The number of nitro benzene ring substituents is 1. The van der Waals surface area contributed by atoms with E-state index in [4.69, 9.17) is 16.7 Å². The van der Waals surface area contributed by atoms with Gasteiger partial charge in [0.15, 0.2) is 0 Å². The van der Waals surface area contributed by atoms with E-state index in [0.717, 1.165) is 11.6 Å². The molecule has 2 aromatic carbocycles. The minimum Gasteiger partial charge on any atom is -0.381 e. The number of benzene rings is 2. The molecular weight excluding hydrogens is 354 g/mol. The van der Waals surface area contributed by atoms with Crippen LogP contribution in [0.4, 0.5) is 11.4 Å². The predicted molar refractivity (Wildman–Crippen MR) is 92.7 cm³/mol. The summed E-state index contributed by atoms with van der Waals surface area (Å²) in [6.07, 6.45) is 0.585. The van der Waals surface area contributed by atoms with E-state index in [1.54, 1.807) is 6.07 Å². The number of nitrogens with zero attached hydrogens (tertiary/aromatic N) is 1. The molecule has 0 radical (unpaired) electrons. The Labute approximate surface area is 144 Å². The molecule has 2 aromatic rings. The molecule has 0 saturated carbocycles. The van der Waals surface area contributed by atoms with Gasteiger partial charge >= 0.3 is 0 Å². The van der Waals surface area contributed by atoms with Crippen LogP contribution in [0.2, 0.25) is 5.02 Å². The third-order valence-electron chi connectivity index (χ3n) is 3.32. The summed E-state index contributed by atoms with van der Waals surface area (Å²) >= 11 is 5.94. The molecule has 0 aliphatic rings. The highest BCUT2D eigenvalue weighted by Crippen LogP contribution is 2.26. The normalized spacial score (nSPS) is 12.6. The third kappa shape index (κ3) is 4.67. The van der Waals surface area contributed by atoms with Gasteiger partial charge in [0, 0.05) is 23.2 Å². The highest BCUT2D eigenvalue weighted by atomic mass is 35.5. The maximum Gasteiger partial charge on any atom is 0.270 e. The molecule has 0 aromatic heterocycles. The monoisotopic (exact) mass is 369 g/mol. The van der Waals surface area contributed by atoms with Gasteiger partial charge in [0.1, 0.15) is 4.90 Å². The number of nitrogens with two attached hydrogens (primary N) is 1. The van der Waals surface area contributed by atoms with Gasteiger partial charge in [-0.05, 0) is 37.1 Å². The quantitative estimate of drug-likeness (QED) is 0.600. The minimum absolute atomic E-state index is 0.148. The second kappa shape index (κ2) is 7.16. The van der Waals surface area contributed by atoms with Gasteiger partial charge in [-0.25, -0.2) is 13.6 Å². The lowest BCUT2D eigenvalue weighted by atomic mass is 10.1. The molecule has 0 aliphatic carbocycles. The summed E-state index contributed by atoms with van der Waals surface area (Å²) in [5, 5.41) is 19.6. The number of hydrogen-bond donors (Lipinski definition) is 2. The van der Waals surface area contributed by atoms with Crippen molar-refractivity contribution in [3.05, 3.63) is 63.2 Å². The van der Waals surface area contributed by atoms with Crippen molar-refractivity contribution in [2.75, 3.05) is 5.32 Å². The van der Waals surface area contributed by atoms with E-state index < -0.39 is 14.9 Å². The molecule has 2 rings (SSSR count). The molecule has 0 amide bonds. The van der Waals surface area contributed by atoms with Crippen LogP contribution >= 0.6 is 11.6 Å². The number of rotatable bonds is 6. The number of anilines is 1. The molecule has 0 fully saturated rings. The SMILES string of the molecule is C[C@H](Cc1cccc(Cl)c1)Nc1ccc([N+](=O)[O-])cc1S(N)(=O)=O. The van der Waals surface area contributed by atoms with Gasteiger partial charge < -0.3 is 5.32 Å². The summed E-state index contributed by atoms with van der Waals surface area (Å²) in [5.41, 5.74) is 0.853. The first kappa shape index (κ1) is 18.2. The number of nitrogens with one attached hydrogen (secondary N) is 1. The van der Waals surface area contributed by atoms with Crippen molar-refractivity contribution in [2.24, 2.45) is 5.14 Å². The van der Waals surface area contributed by atoms with Gasteiger partial charge in [0.05, 0.1) is 10.6 Å². The molecule has 0 spiro atoms. The predicted octanol–water partition coefficient (Wildman–Crippen LogP) is 2.94. The number of non-ortho nitro benzene ring substituents is 1. The second-order valence-electron chi connectivity index (χ2n) is 5.36. The van der Waals surface area contributed by atoms with Crippen LogP contribution in [0, 0.1) is 10.1 Å². The summed E-state index contributed by atoms with van der Waals surface area (Å²) in [4.78, 5) is 9.84. The van der Waals surface area contributed by atoms with Gasteiger partial charge in [0.2, 0.25) is 10.0 Å². The van der Waals surface area contributed by atoms with Gasteiger partial charge in [-0.15, -0.1) is 0 Å². The largest absolute Gasteiger partial charge is 0.381 e. The van der Waals surface area contributed by atoms with Crippen LogP contribution in [0.25, 0.3) is 0 Å². The van der Waals surface area contributed by atoms with Crippen molar-refractivity contribution in [2.45, 2.75) is 24.3 Å². The number of nitro groups is 1. The highest BCUT2D eigenvalue weighted by molar-refractivity contribution is 7.89. The first-order chi connectivity index (χ1) is 11.2. The Morgan fingerprint density at radius 2 is 2.00 bits per heavy atom. The van der Waals surface area contributed by atoms with Gasteiger partial charge in [-0.2, -0.15) is 0 Å². The summed E-state index contributed by atoms with van der Waals surface area (Å²) in [7, 11) is -4.10. The molecule has 0 aliphatic heterocycles. The molecule has 0 unspecified atom stereocenters. The Kier molecular flexibility index (Phi) is 5.43. The molecule has 0 saturated heterocycles. The number of sulfonamides is 1. The fourth-order valence-electron chi connectivity index (χ4n) is 2.31. The third-order valence-corrected chi connectivity index (χ3v) is 4.50. The van der Waals surface area contributed by atoms with Gasteiger partial charge in [0.25, 0.3) is 5.69 Å². The Bertz CT molecular complexity index is 871. The van der Waals surface area contributed by atoms with E-state index in [1.807, 2.05) is 25.1 Å². The second-order valence-corrected chi connectivity index (χ2v) is 7.33. The number of hydrogen-bond acceptors (Lipinski definition) is 5. The summed E-state index contributed by atoms with van der Waals surface area (Å²) in [6, 6.07) is 10.7. The maximum absolute atomic E-state index is 11.7. The molecule has 9 heteroatoms. The van der Waals surface area contributed by atoms with Crippen LogP contribution in [0.15, 0.2) is 47.4 Å². The Morgan fingerprint density at radius 1 is 1.29 bits per heavy atom. The average Bonchev–Trinajstić information content (AvgIpc) is 2.46. The van der Waals surface area contributed by atoms with Crippen LogP contribution in [-0.4, -0.2) is 19.4 Å². The van der Waals surface area contributed by atoms with E-state index in [0.29, 0.717) is 11.4 Å². The van der Waals surface area contributed by atoms with E-state index in [1.165, 1.54) is 12.1 Å². The van der Waals surface area contributed by atoms with Gasteiger partial charge in [-0.3, -0.25) is 10.1 Å². The van der Waals surface area contributed by atoms with Crippen molar-refractivity contribution < 1.29 is 13.3 Å². The number of primary sulfonamides is 1. The lowest BCUT2D eigenvalue weighted by Crippen LogP contribution is -2.21. The molecule has 7 nitrogen and oxygen atoms in total. The molecule has 0 bridgehead atoms. The van der Waals surface area contributed by atoms with Crippen molar-refractivity contribution in [1.29, 1.82) is 0 Å². The Hall–Kier alpha value is -2.16. The van der Waals surface area contributed by atoms with Crippen LogP contribution in [0.5, 0.6) is 0 Å². The summed E-state index contributed by atoms with van der Waals surface area (Å²) in [5.74, 6) is 0. The van der Waals surface area contributed by atoms with E-state index in [2.05, 4.69) is 5.32 Å². The topological polar surface area (TPSA) is 115 Å². The van der Waals surface area contributed by atoms with Gasteiger partial charge in [-0.1, -0.05) is 23.7 Å². The summed E-state index contributed by atoms with van der Waals surface area (Å²) in [6.45, 7) is 1.86. The van der Waals surface area contributed by atoms with E-state index >= 15 is 0 Å². The first-order valence-corrected chi connectivity index (χ1v) is 8.91. The first-order valence-electron chi connectivity index (χ1n) is 6.99. The Balaban J connectivity index is 2.26. The van der Waals surface area contributed by atoms with Crippen molar-refractivity contribution in [3.8, 4) is 0 Å². The molecule has 1 atom stereocenters. The fraction of sp³-hybridized carbons (Fsp3) is 0.200. The fourth-order valence-corrected chi connectivity index (χ4v) is 3.24. The van der Waals surface area contributed by atoms with Crippen LogP contribution in [-0.2, 0) is 16.4 Å². The van der Waals surface area contributed by atoms with Crippen LogP contribution < -0.4 is 10.5 Å². The minimum atomic E-state index is -4.10. The Morgan fingerprint density at radius 3 is 2.58 bits per heavy atom. The zero-order valence-corrected chi connectivity index (χ0v) is 14.3. The molecule has 0 heterocycles. The van der Waals surface area contributed by atoms with Crippen molar-refractivity contribution >= 4 is 33.0 Å². The van der Waals surface area contributed by atoms with Crippen LogP contribution in [0.1, 0.15) is 12.5 Å². The average molecular weight is 370 g/mol. The molecule has 3 N–H and O–H groups in total. The van der Waals surface area contributed by atoms with Crippen molar-refractivity contribution in [3.63, 3.8) is 0 Å². The maximum atomic E-state index is 11.7. The standard InChI is InChI=1S/C15H16ClN3O4S/c1-10(7-11-3-2-4-12(16)8-11)18-14-6-5-13(19(20)21)9-15(14)24(17,22)23/h2-6,8-10,18H,7H2,1H3,(H2,17,22,23)/t10-/m1/s1. The molecular formula is C15H16ClN3O4S. The highest BCUT2D eigenvalue weighted by Gasteiger charge is 2.20.